The van der Waals surface area contributed by atoms with Crippen molar-refractivity contribution in [1.29, 1.82) is 0 Å². The molecule has 22 heavy (non-hydrogen) atoms. The molecule has 0 aliphatic carbocycles. The van der Waals surface area contributed by atoms with Gasteiger partial charge in [-0.3, -0.25) is 0 Å². The lowest BCUT2D eigenvalue weighted by molar-refractivity contribution is 0.402. The molecular formula is C20H26N2. The second-order valence-corrected chi connectivity index (χ2v) is 6.57. The van der Waals surface area contributed by atoms with Crippen LogP contribution in [0.1, 0.15) is 23.1 Å². The average Bonchev–Trinajstić information content (AvgIpc) is 2.64. The Hall–Kier alpha value is -1.80. The molecule has 0 N–H and O–H groups in total. The highest BCUT2D eigenvalue weighted by Gasteiger charge is 2.20. The number of fused-ring (bicyclic) bond motifs is 2. The molecule has 2 heteroatoms. The lowest BCUT2D eigenvalue weighted by Gasteiger charge is -2.27. The van der Waals surface area contributed by atoms with Crippen molar-refractivity contribution in [1.82, 2.24) is 4.90 Å². The molecule has 2 nitrogen and oxygen atoms in total. The zero-order valence-electron chi connectivity index (χ0n) is 14.0. The van der Waals surface area contributed by atoms with Crippen molar-refractivity contribution in [3.8, 4) is 0 Å². The fraction of sp³-hybridized carbons (Fsp3) is 0.400. The van der Waals surface area contributed by atoms with Crippen LogP contribution in [0.5, 0.6) is 0 Å². The van der Waals surface area contributed by atoms with Crippen LogP contribution in [0.2, 0.25) is 0 Å². The molecule has 0 unspecified atom stereocenters. The standard InChI is InChI=1S/C20H26N2/c1-16-9-12-20-18(15-16)11-10-17-7-4-5-8-19(17)22(20)14-6-13-21(2)3/h4-5,7-9,12,15H,6,10-11,13-14H2,1-3H3. The summed E-state index contributed by atoms with van der Waals surface area (Å²) in [4.78, 5) is 4.79. The number of rotatable bonds is 4. The molecular weight excluding hydrogens is 268 g/mol. The lowest BCUT2D eigenvalue weighted by atomic mass is 10.0. The van der Waals surface area contributed by atoms with Gasteiger partial charge in [0.1, 0.15) is 0 Å². The van der Waals surface area contributed by atoms with Crippen LogP contribution in [-0.2, 0) is 12.8 Å². The van der Waals surface area contributed by atoms with E-state index in [2.05, 4.69) is 73.3 Å². The molecule has 0 saturated carbocycles. The minimum atomic E-state index is 1.07. The number of para-hydroxylation sites is 1. The van der Waals surface area contributed by atoms with E-state index in [4.69, 9.17) is 0 Å². The molecule has 2 aromatic rings. The second kappa shape index (κ2) is 6.53. The van der Waals surface area contributed by atoms with Crippen LogP contribution < -0.4 is 4.90 Å². The number of anilines is 2. The Bertz CT molecular complexity index is 646. The van der Waals surface area contributed by atoms with Crippen molar-refractivity contribution >= 4 is 11.4 Å². The number of benzene rings is 2. The average molecular weight is 294 g/mol. The van der Waals surface area contributed by atoms with Crippen LogP contribution in [0.15, 0.2) is 42.5 Å². The van der Waals surface area contributed by atoms with E-state index in [1.165, 1.54) is 34.5 Å². The fourth-order valence-electron chi connectivity index (χ4n) is 3.35. The van der Waals surface area contributed by atoms with Crippen LogP contribution in [0.3, 0.4) is 0 Å². The Morgan fingerprint density at radius 2 is 1.68 bits per heavy atom. The maximum atomic E-state index is 2.53. The highest BCUT2D eigenvalue weighted by molar-refractivity contribution is 5.71. The van der Waals surface area contributed by atoms with E-state index in [1.54, 1.807) is 0 Å². The molecule has 0 fully saturated rings. The molecule has 1 aliphatic heterocycles. The van der Waals surface area contributed by atoms with Crippen molar-refractivity contribution in [2.75, 3.05) is 32.1 Å². The summed E-state index contributed by atoms with van der Waals surface area (Å²) in [6.07, 6.45) is 3.45. The van der Waals surface area contributed by atoms with Crippen molar-refractivity contribution < 1.29 is 0 Å². The monoisotopic (exact) mass is 294 g/mol. The highest BCUT2D eigenvalue weighted by Crippen LogP contribution is 2.36. The van der Waals surface area contributed by atoms with Crippen molar-refractivity contribution in [3.05, 3.63) is 59.2 Å². The van der Waals surface area contributed by atoms with Crippen LogP contribution in [0.25, 0.3) is 0 Å². The molecule has 1 heterocycles. The first kappa shape index (κ1) is 15.1. The molecule has 1 aliphatic rings. The SMILES string of the molecule is Cc1ccc2c(c1)CCc1ccccc1N2CCCN(C)C. The summed E-state index contributed by atoms with van der Waals surface area (Å²) in [5.41, 5.74) is 7.11. The fourth-order valence-corrected chi connectivity index (χ4v) is 3.35. The zero-order chi connectivity index (χ0) is 15.5. The van der Waals surface area contributed by atoms with Gasteiger partial charge in [-0.2, -0.15) is 0 Å². The summed E-state index contributed by atoms with van der Waals surface area (Å²) < 4.78 is 0. The largest absolute Gasteiger partial charge is 0.341 e. The van der Waals surface area contributed by atoms with E-state index < -0.39 is 0 Å². The van der Waals surface area contributed by atoms with Gasteiger partial charge in [0.15, 0.2) is 0 Å². The van der Waals surface area contributed by atoms with Crippen molar-refractivity contribution in [3.63, 3.8) is 0 Å². The summed E-state index contributed by atoms with van der Waals surface area (Å²) in [5, 5.41) is 0. The van der Waals surface area contributed by atoms with Gasteiger partial charge in [0, 0.05) is 17.9 Å². The normalized spacial score (nSPS) is 13.7. The number of hydrogen-bond donors (Lipinski definition) is 0. The second-order valence-electron chi connectivity index (χ2n) is 6.57. The zero-order valence-corrected chi connectivity index (χ0v) is 14.0. The van der Waals surface area contributed by atoms with Gasteiger partial charge in [-0.15, -0.1) is 0 Å². The van der Waals surface area contributed by atoms with Crippen LogP contribution in [-0.4, -0.2) is 32.1 Å². The molecule has 0 amide bonds. The Labute approximate surface area is 134 Å². The highest BCUT2D eigenvalue weighted by atomic mass is 15.1. The van der Waals surface area contributed by atoms with E-state index in [1.807, 2.05) is 0 Å². The quantitative estimate of drug-likeness (QED) is 0.834. The molecule has 116 valence electrons. The predicted molar refractivity (Wildman–Crippen MR) is 95.2 cm³/mol. The minimum absolute atomic E-state index is 1.07. The number of nitrogens with zero attached hydrogens (tertiary/aromatic N) is 2. The molecule has 0 spiro atoms. The summed E-state index contributed by atoms with van der Waals surface area (Å²) >= 11 is 0. The van der Waals surface area contributed by atoms with Gasteiger partial charge in [0.25, 0.3) is 0 Å². The first-order chi connectivity index (χ1) is 10.6. The molecule has 0 saturated heterocycles. The number of aryl methyl sites for hydroxylation is 3. The minimum Gasteiger partial charge on any atom is -0.341 e. The third-order valence-electron chi connectivity index (χ3n) is 4.46. The van der Waals surface area contributed by atoms with Crippen LogP contribution in [0.4, 0.5) is 11.4 Å². The third kappa shape index (κ3) is 3.17. The van der Waals surface area contributed by atoms with Crippen LogP contribution in [0, 0.1) is 6.92 Å². The van der Waals surface area contributed by atoms with Gasteiger partial charge in [-0.25, -0.2) is 0 Å². The Morgan fingerprint density at radius 1 is 0.955 bits per heavy atom. The van der Waals surface area contributed by atoms with Gasteiger partial charge in [0.2, 0.25) is 0 Å². The summed E-state index contributed by atoms with van der Waals surface area (Å²) in [6, 6.07) is 15.8. The predicted octanol–water partition coefficient (Wildman–Crippen LogP) is 4.18. The molecule has 0 aromatic heterocycles. The van der Waals surface area contributed by atoms with Gasteiger partial charge < -0.3 is 9.80 Å². The lowest BCUT2D eigenvalue weighted by Crippen LogP contribution is -2.24. The van der Waals surface area contributed by atoms with E-state index >= 15 is 0 Å². The smallest absolute Gasteiger partial charge is 0.0443 e. The van der Waals surface area contributed by atoms with Gasteiger partial charge >= 0.3 is 0 Å². The summed E-state index contributed by atoms with van der Waals surface area (Å²) in [6.45, 7) is 4.39. The molecule has 0 bridgehead atoms. The van der Waals surface area contributed by atoms with Crippen molar-refractivity contribution in [2.24, 2.45) is 0 Å². The van der Waals surface area contributed by atoms with Gasteiger partial charge in [-0.05, 0) is 70.1 Å². The number of hydrogen-bond acceptors (Lipinski definition) is 2. The van der Waals surface area contributed by atoms with E-state index in [0.717, 1.165) is 25.9 Å². The Morgan fingerprint density at radius 3 is 2.50 bits per heavy atom. The van der Waals surface area contributed by atoms with Crippen LogP contribution >= 0.6 is 0 Å². The van der Waals surface area contributed by atoms with Crippen molar-refractivity contribution in [2.45, 2.75) is 26.2 Å². The molecule has 2 aromatic carbocycles. The Kier molecular flexibility index (Phi) is 4.49. The van der Waals surface area contributed by atoms with Gasteiger partial charge in [0.05, 0.1) is 0 Å². The summed E-state index contributed by atoms with van der Waals surface area (Å²) in [5.74, 6) is 0. The Balaban J connectivity index is 1.97. The van der Waals surface area contributed by atoms with E-state index in [0.29, 0.717) is 0 Å². The third-order valence-corrected chi connectivity index (χ3v) is 4.46. The van der Waals surface area contributed by atoms with Gasteiger partial charge in [-0.1, -0.05) is 35.9 Å². The summed E-state index contributed by atoms with van der Waals surface area (Å²) in [7, 11) is 4.29. The molecule has 3 rings (SSSR count). The molecule has 0 atom stereocenters. The maximum Gasteiger partial charge on any atom is 0.0443 e. The van der Waals surface area contributed by atoms with E-state index in [9.17, 15) is 0 Å². The first-order valence-corrected chi connectivity index (χ1v) is 8.25. The molecule has 0 radical (unpaired) electrons. The maximum absolute atomic E-state index is 2.53. The van der Waals surface area contributed by atoms with E-state index in [-0.39, 0.29) is 0 Å². The first-order valence-electron chi connectivity index (χ1n) is 8.25. The topological polar surface area (TPSA) is 6.48 Å².